The van der Waals surface area contributed by atoms with Crippen LogP contribution in [-0.4, -0.2) is 76.5 Å². The molecule has 0 aliphatic rings. The van der Waals surface area contributed by atoms with Crippen LogP contribution in [0.5, 0.6) is 0 Å². The van der Waals surface area contributed by atoms with Crippen LogP contribution in [0, 0.1) is 0 Å². The van der Waals surface area contributed by atoms with Gasteiger partial charge in [-0.3, -0.25) is 4.79 Å². The molecule has 2 amide bonds. The maximum atomic E-state index is 11.9. The summed E-state index contributed by atoms with van der Waals surface area (Å²) in [6.45, 7) is 2.68. The van der Waals surface area contributed by atoms with E-state index >= 15 is 0 Å². The van der Waals surface area contributed by atoms with Crippen LogP contribution in [0.3, 0.4) is 0 Å². The number of aliphatic hydroxyl groups excluding tert-OH is 2. The number of carbonyl (C=O) groups is 2. The van der Waals surface area contributed by atoms with Gasteiger partial charge in [-0.1, -0.05) is 6.08 Å². The molecule has 0 aromatic carbocycles. The Morgan fingerprint density at radius 1 is 1.12 bits per heavy atom. The van der Waals surface area contributed by atoms with Gasteiger partial charge in [0, 0.05) is 19.6 Å². The number of carboxylic acids is 1. The summed E-state index contributed by atoms with van der Waals surface area (Å²) in [7, 11) is 0. The number of aliphatic hydroxyl groups is 2. The van der Waals surface area contributed by atoms with Crippen molar-refractivity contribution < 1.29 is 24.9 Å². The Labute approximate surface area is 99.6 Å². The summed E-state index contributed by atoms with van der Waals surface area (Å²) in [4.78, 5) is 24.7. The van der Waals surface area contributed by atoms with Gasteiger partial charge in [0.05, 0.1) is 13.2 Å². The largest absolute Gasteiger partial charge is 0.480 e. The van der Waals surface area contributed by atoms with Gasteiger partial charge in [-0.2, -0.15) is 0 Å². The molecule has 0 spiro atoms. The number of aliphatic carboxylic acids is 1. The molecule has 0 rings (SSSR count). The number of urea groups is 1. The summed E-state index contributed by atoms with van der Waals surface area (Å²) in [5.41, 5.74) is 0. The molecule has 0 aromatic heterocycles. The van der Waals surface area contributed by atoms with Crippen molar-refractivity contribution in [3.8, 4) is 0 Å². The molecule has 0 fully saturated rings. The van der Waals surface area contributed by atoms with Gasteiger partial charge in [0.2, 0.25) is 0 Å². The quantitative estimate of drug-likeness (QED) is 0.475. The molecule has 0 saturated carbocycles. The van der Waals surface area contributed by atoms with Crippen LogP contribution < -0.4 is 0 Å². The second-order valence-electron chi connectivity index (χ2n) is 3.28. The molecule has 17 heavy (non-hydrogen) atoms. The Balaban J connectivity index is 4.62. The van der Waals surface area contributed by atoms with Crippen LogP contribution in [0.25, 0.3) is 0 Å². The van der Waals surface area contributed by atoms with E-state index in [1.165, 1.54) is 11.0 Å². The van der Waals surface area contributed by atoms with E-state index in [0.717, 1.165) is 4.90 Å². The van der Waals surface area contributed by atoms with Crippen LogP contribution in [0.4, 0.5) is 4.79 Å². The van der Waals surface area contributed by atoms with E-state index in [9.17, 15) is 9.59 Å². The van der Waals surface area contributed by atoms with Gasteiger partial charge in [0.25, 0.3) is 0 Å². The Bertz CT molecular complexity index is 263. The first-order valence-electron chi connectivity index (χ1n) is 5.15. The molecule has 3 N–H and O–H groups in total. The van der Waals surface area contributed by atoms with Crippen LogP contribution in [0.2, 0.25) is 0 Å². The lowest BCUT2D eigenvalue weighted by atomic mass is 10.4. The van der Waals surface area contributed by atoms with Crippen LogP contribution in [-0.2, 0) is 4.79 Å². The minimum absolute atomic E-state index is 0.0483. The summed E-state index contributed by atoms with van der Waals surface area (Å²) < 4.78 is 0. The van der Waals surface area contributed by atoms with E-state index in [0.29, 0.717) is 0 Å². The highest BCUT2D eigenvalue weighted by Gasteiger charge is 2.21. The van der Waals surface area contributed by atoms with Gasteiger partial charge in [0.15, 0.2) is 0 Å². The molecule has 0 aromatic rings. The number of carboxylic acid groups (broad SMARTS) is 1. The highest BCUT2D eigenvalue weighted by Crippen LogP contribution is 1.99. The highest BCUT2D eigenvalue weighted by atomic mass is 16.4. The summed E-state index contributed by atoms with van der Waals surface area (Å²) in [6, 6.07) is -0.546. The van der Waals surface area contributed by atoms with E-state index in [4.69, 9.17) is 15.3 Å². The van der Waals surface area contributed by atoms with Gasteiger partial charge in [-0.05, 0) is 0 Å². The monoisotopic (exact) mass is 246 g/mol. The maximum absolute atomic E-state index is 11.9. The predicted octanol–water partition coefficient (Wildman–Crippen LogP) is -1.03. The minimum atomic E-state index is -1.13. The average Bonchev–Trinajstić information content (AvgIpc) is 2.27. The molecule has 7 heteroatoms. The average molecular weight is 246 g/mol. The van der Waals surface area contributed by atoms with Gasteiger partial charge in [0.1, 0.15) is 6.54 Å². The second-order valence-corrected chi connectivity index (χ2v) is 3.28. The lowest BCUT2D eigenvalue weighted by molar-refractivity contribution is -0.137. The Morgan fingerprint density at radius 2 is 1.65 bits per heavy atom. The second kappa shape index (κ2) is 8.54. The molecule has 0 bridgehead atoms. The van der Waals surface area contributed by atoms with Gasteiger partial charge in [-0.15, -0.1) is 6.58 Å². The number of hydrogen-bond acceptors (Lipinski definition) is 4. The van der Waals surface area contributed by atoms with E-state index < -0.39 is 18.5 Å². The number of hydrogen-bond donors (Lipinski definition) is 3. The lowest BCUT2D eigenvalue weighted by Gasteiger charge is -2.28. The zero-order valence-corrected chi connectivity index (χ0v) is 9.58. The van der Waals surface area contributed by atoms with Gasteiger partial charge in [-0.25, -0.2) is 4.79 Å². The number of rotatable bonds is 8. The number of nitrogens with zero attached hydrogens (tertiary/aromatic N) is 2. The fourth-order valence-corrected chi connectivity index (χ4v) is 1.27. The van der Waals surface area contributed by atoms with E-state index in [2.05, 4.69) is 6.58 Å². The molecular weight excluding hydrogens is 228 g/mol. The summed E-state index contributed by atoms with van der Waals surface area (Å²) in [6.07, 6.45) is 1.41. The predicted molar refractivity (Wildman–Crippen MR) is 60.5 cm³/mol. The van der Waals surface area contributed by atoms with Crippen molar-refractivity contribution in [2.45, 2.75) is 0 Å². The first-order chi connectivity index (χ1) is 8.06. The Kier molecular flexibility index (Phi) is 7.74. The Hall–Kier alpha value is -1.60. The zero-order chi connectivity index (χ0) is 13.3. The zero-order valence-electron chi connectivity index (χ0n) is 9.58. The minimum Gasteiger partial charge on any atom is -0.480 e. The SMILES string of the molecule is C=CCN(CC(=O)O)C(=O)N(CCO)CCO. The van der Waals surface area contributed by atoms with E-state index in [1.807, 2.05) is 0 Å². The summed E-state index contributed by atoms with van der Waals surface area (Å²) in [5.74, 6) is -1.13. The Morgan fingerprint density at radius 3 is 2.00 bits per heavy atom. The molecule has 0 aliphatic carbocycles. The first kappa shape index (κ1) is 15.4. The van der Waals surface area contributed by atoms with E-state index in [-0.39, 0.29) is 32.8 Å². The molecule has 0 radical (unpaired) electrons. The number of carbonyl (C=O) groups excluding carboxylic acids is 1. The molecule has 0 saturated heterocycles. The molecular formula is C10H18N2O5. The normalized spacial score (nSPS) is 9.76. The lowest BCUT2D eigenvalue weighted by Crippen LogP contribution is -2.47. The molecule has 0 aliphatic heterocycles. The van der Waals surface area contributed by atoms with Crippen LogP contribution in [0.1, 0.15) is 0 Å². The molecule has 0 unspecified atom stereocenters. The molecule has 0 atom stereocenters. The fourth-order valence-electron chi connectivity index (χ4n) is 1.27. The topological polar surface area (TPSA) is 101 Å². The third-order valence-electron chi connectivity index (χ3n) is 1.96. The third kappa shape index (κ3) is 5.88. The van der Waals surface area contributed by atoms with Crippen molar-refractivity contribution in [2.75, 3.05) is 39.4 Å². The van der Waals surface area contributed by atoms with Crippen molar-refractivity contribution in [1.29, 1.82) is 0 Å². The molecule has 7 nitrogen and oxygen atoms in total. The summed E-state index contributed by atoms with van der Waals surface area (Å²) >= 11 is 0. The summed E-state index contributed by atoms with van der Waals surface area (Å²) in [5, 5.41) is 26.2. The van der Waals surface area contributed by atoms with Crippen molar-refractivity contribution in [3.63, 3.8) is 0 Å². The van der Waals surface area contributed by atoms with Crippen LogP contribution in [0.15, 0.2) is 12.7 Å². The first-order valence-corrected chi connectivity index (χ1v) is 5.15. The third-order valence-corrected chi connectivity index (χ3v) is 1.96. The fraction of sp³-hybridized carbons (Fsp3) is 0.600. The van der Waals surface area contributed by atoms with Gasteiger partial charge >= 0.3 is 12.0 Å². The maximum Gasteiger partial charge on any atom is 0.323 e. The standard InChI is InChI=1S/C10H18N2O5/c1-2-3-12(8-9(15)16)10(17)11(4-6-13)5-7-14/h2,13-14H,1,3-8H2,(H,15,16). The van der Waals surface area contributed by atoms with Crippen molar-refractivity contribution in [2.24, 2.45) is 0 Å². The van der Waals surface area contributed by atoms with Crippen molar-refractivity contribution in [3.05, 3.63) is 12.7 Å². The molecule has 0 heterocycles. The highest BCUT2D eigenvalue weighted by molar-refractivity contribution is 5.80. The van der Waals surface area contributed by atoms with Crippen LogP contribution >= 0.6 is 0 Å². The van der Waals surface area contributed by atoms with Gasteiger partial charge < -0.3 is 25.1 Å². The van der Waals surface area contributed by atoms with Crippen molar-refractivity contribution in [1.82, 2.24) is 9.80 Å². The smallest absolute Gasteiger partial charge is 0.323 e. The molecule has 98 valence electrons. The number of amides is 2. The van der Waals surface area contributed by atoms with Crippen molar-refractivity contribution >= 4 is 12.0 Å². The van der Waals surface area contributed by atoms with E-state index in [1.54, 1.807) is 0 Å².